The molecule has 1 saturated heterocycles. The van der Waals surface area contributed by atoms with E-state index in [0.29, 0.717) is 30.6 Å². The molecule has 0 unspecified atom stereocenters. The average Bonchev–Trinajstić information content (AvgIpc) is 3.24. The Bertz CT molecular complexity index is 739. The highest BCUT2D eigenvalue weighted by Gasteiger charge is 2.26. The molecule has 122 valence electrons. The molecule has 0 bridgehead atoms. The predicted molar refractivity (Wildman–Crippen MR) is 84.0 cm³/mol. The minimum absolute atomic E-state index is 0.149. The molecule has 1 N–H and O–H groups in total. The van der Waals surface area contributed by atoms with E-state index in [1.165, 1.54) is 16.7 Å². The molecule has 0 atom stereocenters. The van der Waals surface area contributed by atoms with Gasteiger partial charge in [-0.25, -0.2) is 4.79 Å². The summed E-state index contributed by atoms with van der Waals surface area (Å²) in [6.45, 7) is 5.45. The molecule has 2 aromatic rings. The lowest BCUT2D eigenvalue weighted by atomic mass is 10.2. The Kier molecular flexibility index (Phi) is 4.37. The van der Waals surface area contributed by atoms with Crippen LogP contribution in [-0.4, -0.2) is 50.4 Å². The minimum atomic E-state index is -0.331. The number of amides is 3. The third-order valence-corrected chi connectivity index (χ3v) is 4.57. The maximum atomic E-state index is 12.1. The lowest BCUT2D eigenvalue weighted by Crippen LogP contribution is -2.35. The molecule has 0 radical (unpaired) electrons. The summed E-state index contributed by atoms with van der Waals surface area (Å²) in [5.74, 6) is 1.41. The number of imide groups is 1. The first-order valence-electron chi connectivity index (χ1n) is 7.30. The lowest BCUT2D eigenvalue weighted by molar-refractivity contribution is -0.124. The number of rotatable bonds is 5. The van der Waals surface area contributed by atoms with Crippen LogP contribution in [0.15, 0.2) is 21.9 Å². The maximum absolute atomic E-state index is 12.1. The fourth-order valence-electron chi connectivity index (χ4n) is 2.41. The van der Waals surface area contributed by atoms with Crippen molar-refractivity contribution in [2.24, 2.45) is 0 Å². The van der Waals surface area contributed by atoms with Gasteiger partial charge in [0.05, 0.1) is 17.6 Å². The monoisotopic (exact) mass is 335 g/mol. The number of aryl methyl sites for hydroxylation is 1. The second-order valence-corrected chi connectivity index (χ2v) is 5.95. The van der Waals surface area contributed by atoms with E-state index >= 15 is 0 Å². The molecule has 1 aliphatic rings. The first-order chi connectivity index (χ1) is 11.1. The van der Waals surface area contributed by atoms with E-state index in [4.69, 9.17) is 4.42 Å². The Morgan fingerprint density at radius 2 is 2.30 bits per heavy atom. The summed E-state index contributed by atoms with van der Waals surface area (Å²) < 4.78 is 7.24. The predicted octanol–water partition coefficient (Wildman–Crippen LogP) is 1.51. The summed E-state index contributed by atoms with van der Waals surface area (Å²) in [4.78, 5) is 24.8. The van der Waals surface area contributed by atoms with Crippen LogP contribution in [0.25, 0.3) is 11.4 Å². The number of urea groups is 1. The second-order valence-electron chi connectivity index (χ2n) is 5.01. The molecule has 1 fully saturated rings. The molecule has 3 amide bonds. The molecule has 0 aromatic carbocycles. The average molecular weight is 335 g/mol. The van der Waals surface area contributed by atoms with Gasteiger partial charge in [0.25, 0.3) is 0 Å². The van der Waals surface area contributed by atoms with E-state index < -0.39 is 0 Å². The molecule has 1 aliphatic heterocycles. The summed E-state index contributed by atoms with van der Waals surface area (Å²) >= 11 is 1.28. The molecule has 0 aliphatic carbocycles. The normalized spacial score (nSPS) is 14.3. The third kappa shape index (κ3) is 2.96. The van der Waals surface area contributed by atoms with Gasteiger partial charge >= 0.3 is 6.03 Å². The van der Waals surface area contributed by atoms with Crippen molar-refractivity contribution in [3.8, 4) is 11.4 Å². The van der Waals surface area contributed by atoms with Crippen LogP contribution in [0, 0.1) is 6.92 Å². The molecule has 0 spiro atoms. The number of thioether (sulfide) groups is 1. The van der Waals surface area contributed by atoms with Crippen LogP contribution in [0.3, 0.4) is 0 Å². The molecule has 3 heterocycles. The SMILES string of the molecule is CCn1c(SCC(=O)N2CCNC2=O)nnc1-c1ccoc1C. The Hall–Kier alpha value is -2.29. The zero-order valence-corrected chi connectivity index (χ0v) is 13.7. The molecule has 9 heteroatoms. The Morgan fingerprint density at radius 3 is 2.91 bits per heavy atom. The van der Waals surface area contributed by atoms with Crippen molar-refractivity contribution in [3.63, 3.8) is 0 Å². The highest BCUT2D eigenvalue weighted by atomic mass is 32.2. The van der Waals surface area contributed by atoms with Crippen LogP contribution in [0.5, 0.6) is 0 Å². The lowest BCUT2D eigenvalue weighted by Gasteiger charge is -2.11. The number of nitrogens with one attached hydrogen (secondary N) is 1. The first-order valence-corrected chi connectivity index (χ1v) is 8.29. The molecule has 0 saturated carbocycles. The van der Waals surface area contributed by atoms with Gasteiger partial charge in [-0.3, -0.25) is 9.69 Å². The summed E-state index contributed by atoms with van der Waals surface area (Å²) in [7, 11) is 0. The van der Waals surface area contributed by atoms with E-state index in [1.807, 2.05) is 24.5 Å². The van der Waals surface area contributed by atoms with Crippen molar-refractivity contribution < 1.29 is 14.0 Å². The number of carbonyl (C=O) groups is 2. The largest absolute Gasteiger partial charge is 0.469 e. The van der Waals surface area contributed by atoms with Gasteiger partial charge in [-0.15, -0.1) is 10.2 Å². The van der Waals surface area contributed by atoms with Crippen molar-refractivity contribution in [2.75, 3.05) is 18.8 Å². The van der Waals surface area contributed by atoms with Gasteiger partial charge in [-0.05, 0) is 19.9 Å². The van der Waals surface area contributed by atoms with Gasteiger partial charge in [0.2, 0.25) is 5.91 Å². The van der Waals surface area contributed by atoms with E-state index in [1.54, 1.807) is 6.26 Å². The van der Waals surface area contributed by atoms with Crippen LogP contribution in [0.2, 0.25) is 0 Å². The summed E-state index contributed by atoms with van der Waals surface area (Å²) in [5, 5.41) is 11.6. The van der Waals surface area contributed by atoms with E-state index in [0.717, 1.165) is 11.3 Å². The number of hydrogen-bond acceptors (Lipinski definition) is 6. The van der Waals surface area contributed by atoms with Gasteiger partial charge in [0.15, 0.2) is 11.0 Å². The quantitative estimate of drug-likeness (QED) is 0.833. The van der Waals surface area contributed by atoms with Crippen LogP contribution in [0.1, 0.15) is 12.7 Å². The Balaban J connectivity index is 1.74. The zero-order chi connectivity index (χ0) is 16.4. The summed E-state index contributed by atoms with van der Waals surface area (Å²) in [6, 6.07) is 1.52. The van der Waals surface area contributed by atoms with Gasteiger partial charge < -0.3 is 14.3 Å². The van der Waals surface area contributed by atoms with Crippen LogP contribution >= 0.6 is 11.8 Å². The molecular weight excluding hydrogens is 318 g/mol. The van der Waals surface area contributed by atoms with Gasteiger partial charge in [0.1, 0.15) is 5.76 Å². The van der Waals surface area contributed by atoms with Crippen LogP contribution in [-0.2, 0) is 11.3 Å². The van der Waals surface area contributed by atoms with Crippen LogP contribution < -0.4 is 5.32 Å². The molecule has 8 nitrogen and oxygen atoms in total. The smallest absolute Gasteiger partial charge is 0.324 e. The number of carbonyl (C=O) groups excluding carboxylic acids is 2. The molecule has 2 aromatic heterocycles. The fraction of sp³-hybridized carbons (Fsp3) is 0.429. The van der Waals surface area contributed by atoms with E-state index in [9.17, 15) is 9.59 Å². The van der Waals surface area contributed by atoms with Crippen molar-refractivity contribution >= 4 is 23.7 Å². The highest BCUT2D eigenvalue weighted by Crippen LogP contribution is 2.27. The summed E-state index contributed by atoms with van der Waals surface area (Å²) in [6.07, 6.45) is 1.61. The maximum Gasteiger partial charge on any atom is 0.324 e. The molecular formula is C14H17N5O3S. The third-order valence-electron chi connectivity index (χ3n) is 3.62. The Labute approximate surface area is 137 Å². The highest BCUT2D eigenvalue weighted by molar-refractivity contribution is 7.99. The number of aromatic nitrogens is 3. The van der Waals surface area contributed by atoms with Crippen molar-refractivity contribution in [3.05, 3.63) is 18.1 Å². The van der Waals surface area contributed by atoms with Gasteiger partial charge in [0, 0.05) is 19.6 Å². The van der Waals surface area contributed by atoms with E-state index in [-0.39, 0.29) is 17.7 Å². The van der Waals surface area contributed by atoms with E-state index in [2.05, 4.69) is 15.5 Å². The minimum Gasteiger partial charge on any atom is -0.469 e. The second kappa shape index (κ2) is 6.45. The summed E-state index contributed by atoms with van der Waals surface area (Å²) in [5.41, 5.74) is 0.886. The molecule has 3 rings (SSSR count). The van der Waals surface area contributed by atoms with Crippen LogP contribution in [0.4, 0.5) is 4.79 Å². The molecule has 23 heavy (non-hydrogen) atoms. The zero-order valence-electron chi connectivity index (χ0n) is 12.9. The number of nitrogens with zero attached hydrogens (tertiary/aromatic N) is 4. The van der Waals surface area contributed by atoms with Gasteiger partial charge in [-0.1, -0.05) is 11.8 Å². The number of furan rings is 1. The topological polar surface area (TPSA) is 93.3 Å². The first kappa shape index (κ1) is 15.6. The fourth-order valence-corrected chi connectivity index (χ4v) is 3.29. The number of hydrogen-bond donors (Lipinski definition) is 1. The standard InChI is InChI=1S/C14H17N5O3S/c1-3-18-12(10-4-7-22-9(10)2)16-17-14(18)23-8-11(20)19-6-5-15-13(19)21/h4,7H,3,5-6,8H2,1-2H3,(H,15,21). The van der Waals surface area contributed by atoms with Crippen molar-refractivity contribution in [2.45, 2.75) is 25.5 Å². The van der Waals surface area contributed by atoms with Gasteiger partial charge in [-0.2, -0.15) is 0 Å². The Morgan fingerprint density at radius 1 is 1.48 bits per heavy atom. The van der Waals surface area contributed by atoms with Crippen molar-refractivity contribution in [1.29, 1.82) is 0 Å². The van der Waals surface area contributed by atoms with Crippen molar-refractivity contribution in [1.82, 2.24) is 25.0 Å².